The quantitative estimate of drug-likeness (QED) is 0.568. The van der Waals surface area contributed by atoms with E-state index < -0.39 is 3.78 Å². The summed E-state index contributed by atoms with van der Waals surface area (Å²) in [6.07, 6.45) is 0.802. The van der Waals surface area contributed by atoms with Crippen LogP contribution in [0.5, 0.6) is 0 Å². The Hall–Kier alpha value is -0.340. The van der Waals surface area contributed by atoms with Crippen molar-refractivity contribution in [1.82, 2.24) is 0 Å². The average molecular weight is 275 g/mol. The maximum atomic E-state index is 6.21. The zero-order chi connectivity index (χ0) is 10.6. The Morgan fingerprint density at radius 2 is 2.00 bits per heavy atom. The van der Waals surface area contributed by atoms with Crippen molar-refractivity contribution in [2.75, 3.05) is 0 Å². The third-order valence-electron chi connectivity index (χ3n) is 2.03. The summed E-state index contributed by atoms with van der Waals surface area (Å²) in [4.78, 5) is 4.44. The molecule has 1 nitrogen and oxygen atoms in total. The summed E-state index contributed by atoms with van der Waals surface area (Å²) in [7, 11) is 0. The highest BCUT2D eigenvalue weighted by atomic mass is 79.9. The summed E-state index contributed by atoms with van der Waals surface area (Å²) in [5.74, 6) is 0. The molecule has 0 fully saturated rings. The zero-order valence-corrected chi connectivity index (χ0v) is 10.6. The summed E-state index contributed by atoms with van der Waals surface area (Å²) in [6.45, 7) is 3.95. The van der Waals surface area contributed by atoms with Gasteiger partial charge >= 0.3 is 0 Å². The molecule has 0 bridgehead atoms. The fraction of sp³-hybridized carbons (Fsp3) is 0.364. The molecule has 0 heterocycles. The number of nitrogens with zero attached hydrogens (tertiary/aromatic N) is 1. The van der Waals surface area contributed by atoms with E-state index in [0.29, 0.717) is 0 Å². The van der Waals surface area contributed by atoms with Gasteiger partial charge in [0.2, 0.25) is 0 Å². The van der Waals surface area contributed by atoms with Crippen molar-refractivity contribution in [1.29, 1.82) is 0 Å². The van der Waals surface area contributed by atoms with Gasteiger partial charge in [-0.3, -0.25) is 4.99 Å². The molecule has 1 aromatic rings. The number of rotatable bonds is 3. The van der Waals surface area contributed by atoms with Crippen LogP contribution in [0.15, 0.2) is 35.3 Å². The first kappa shape index (κ1) is 11.7. The van der Waals surface area contributed by atoms with Gasteiger partial charge in [-0.05, 0) is 25.5 Å². The highest BCUT2D eigenvalue weighted by Gasteiger charge is 2.24. The van der Waals surface area contributed by atoms with E-state index in [9.17, 15) is 0 Å². The van der Waals surface area contributed by atoms with E-state index in [4.69, 9.17) is 11.6 Å². The molecule has 1 rings (SSSR count). The molecule has 3 heteroatoms. The molecule has 0 aliphatic carbocycles. The second kappa shape index (κ2) is 4.94. The first-order valence-corrected chi connectivity index (χ1v) is 5.72. The summed E-state index contributed by atoms with van der Waals surface area (Å²) in [6, 6.07) is 9.80. The highest BCUT2D eigenvalue weighted by molar-refractivity contribution is 9.10. The summed E-state index contributed by atoms with van der Waals surface area (Å²) in [5, 5.41) is 0. The molecular formula is C11H13BrClN. The van der Waals surface area contributed by atoms with Crippen LogP contribution in [-0.2, 0) is 0 Å². The molecule has 1 unspecified atom stereocenters. The van der Waals surface area contributed by atoms with Gasteiger partial charge in [0.1, 0.15) is 3.78 Å². The smallest absolute Gasteiger partial charge is 0.136 e. The Morgan fingerprint density at radius 3 is 2.50 bits per heavy atom. The van der Waals surface area contributed by atoms with Crippen LogP contribution in [0.2, 0.25) is 0 Å². The van der Waals surface area contributed by atoms with Gasteiger partial charge < -0.3 is 0 Å². The van der Waals surface area contributed by atoms with E-state index >= 15 is 0 Å². The summed E-state index contributed by atoms with van der Waals surface area (Å²) in [5.41, 5.74) is 1.82. The minimum absolute atomic E-state index is 0.511. The lowest BCUT2D eigenvalue weighted by atomic mass is 10.2. The largest absolute Gasteiger partial charge is 0.255 e. The minimum atomic E-state index is -0.511. The number of hydrogen-bond donors (Lipinski definition) is 0. The molecule has 0 aliphatic heterocycles. The number of alkyl halides is 2. The second-order valence-electron chi connectivity index (χ2n) is 3.09. The molecule has 1 aromatic carbocycles. The Labute approximate surface area is 98.3 Å². The van der Waals surface area contributed by atoms with Gasteiger partial charge in [-0.2, -0.15) is 0 Å². The van der Waals surface area contributed by atoms with Gasteiger partial charge in [-0.15, -0.1) is 11.6 Å². The van der Waals surface area contributed by atoms with E-state index in [0.717, 1.165) is 17.8 Å². The molecule has 1 atom stereocenters. The van der Waals surface area contributed by atoms with Crippen molar-refractivity contribution in [3.63, 3.8) is 0 Å². The molecule has 0 saturated carbocycles. The standard InChI is InChI=1S/C11H13BrClN/c1-3-11(12,13)9(2)14-10-7-5-4-6-8-10/h4-8H,3H2,1-2H3. The molecule has 0 spiro atoms. The maximum absolute atomic E-state index is 6.21. The molecule has 0 aromatic heterocycles. The first-order chi connectivity index (χ1) is 6.56. The number of aliphatic imine (C=N–C) groups is 1. The van der Waals surface area contributed by atoms with E-state index in [2.05, 4.69) is 20.9 Å². The predicted octanol–water partition coefficient (Wildman–Crippen LogP) is 4.52. The van der Waals surface area contributed by atoms with Crippen LogP contribution in [0.1, 0.15) is 20.3 Å². The lowest BCUT2D eigenvalue weighted by molar-refractivity contribution is 0.955. The Bertz CT molecular complexity index is 319. The van der Waals surface area contributed by atoms with Crippen molar-refractivity contribution in [3.8, 4) is 0 Å². The van der Waals surface area contributed by atoms with Gasteiger partial charge in [-0.25, -0.2) is 0 Å². The predicted molar refractivity (Wildman–Crippen MR) is 67.0 cm³/mol. The minimum Gasteiger partial charge on any atom is -0.255 e. The highest BCUT2D eigenvalue weighted by Crippen LogP contribution is 2.30. The SMILES string of the molecule is CCC(Cl)(Br)C(C)=Nc1ccccc1. The molecule has 14 heavy (non-hydrogen) atoms. The monoisotopic (exact) mass is 273 g/mol. The summed E-state index contributed by atoms with van der Waals surface area (Å²) < 4.78 is -0.511. The van der Waals surface area contributed by atoms with Gasteiger partial charge in [0.25, 0.3) is 0 Å². The van der Waals surface area contributed by atoms with Crippen molar-refractivity contribution >= 4 is 38.9 Å². The molecule has 0 aliphatic rings. The van der Waals surface area contributed by atoms with Crippen LogP contribution in [-0.4, -0.2) is 9.50 Å². The van der Waals surface area contributed by atoms with Crippen LogP contribution < -0.4 is 0 Å². The fourth-order valence-electron chi connectivity index (χ4n) is 1.03. The Balaban J connectivity index is 2.89. The van der Waals surface area contributed by atoms with Crippen LogP contribution in [0.25, 0.3) is 0 Å². The average Bonchev–Trinajstić information content (AvgIpc) is 2.19. The molecule has 0 N–H and O–H groups in total. The van der Waals surface area contributed by atoms with Crippen molar-refractivity contribution < 1.29 is 0 Å². The van der Waals surface area contributed by atoms with E-state index in [-0.39, 0.29) is 0 Å². The van der Waals surface area contributed by atoms with Crippen molar-refractivity contribution in [2.45, 2.75) is 24.1 Å². The molecule has 0 radical (unpaired) electrons. The topological polar surface area (TPSA) is 12.4 Å². The third kappa shape index (κ3) is 3.10. The van der Waals surface area contributed by atoms with Gasteiger partial charge in [0, 0.05) is 5.71 Å². The van der Waals surface area contributed by atoms with Crippen molar-refractivity contribution in [2.24, 2.45) is 4.99 Å². The number of hydrogen-bond acceptors (Lipinski definition) is 1. The zero-order valence-electron chi connectivity index (χ0n) is 8.30. The van der Waals surface area contributed by atoms with Crippen LogP contribution in [0.4, 0.5) is 5.69 Å². The lowest BCUT2D eigenvalue weighted by Crippen LogP contribution is -2.20. The number of para-hydroxylation sites is 1. The second-order valence-corrected chi connectivity index (χ2v) is 5.55. The Kier molecular flexibility index (Phi) is 4.14. The van der Waals surface area contributed by atoms with Gasteiger partial charge in [0.05, 0.1) is 5.69 Å². The van der Waals surface area contributed by atoms with Crippen LogP contribution in [0, 0.1) is 0 Å². The first-order valence-electron chi connectivity index (χ1n) is 4.55. The number of halogens is 2. The molecular weight excluding hydrogens is 261 g/mol. The lowest BCUT2D eigenvalue weighted by Gasteiger charge is -2.17. The fourth-order valence-corrected chi connectivity index (χ4v) is 1.16. The third-order valence-corrected chi connectivity index (χ3v) is 3.70. The van der Waals surface area contributed by atoms with Gasteiger partial charge in [0.15, 0.2) is 0 Å². The molecule has 0 amide bonds. The van der Waals surface area contributed by atoms with Gasteiger partial charge in [-0.1, -0.05) is 41.1 Å². The Morgan fingerprint density at radius 1 is 1.43 bits per heavy atom. The van der Waals surface area contributed by atoms with Crippen molar-refractivity contribution in [3.05, 3.63) is 30.3 Å². The summed E-state index contributed by atoms with van der Waals surface area (Å²) >= 11 is 9.65. The maximum Gasteiger partial charge on any atom is 0.136 e. The van der Waals surface area contributed by atoms with E-state index in [1.807, 2.05) is 44.2 Å². The number of benzene rings is 1. The van der Waals surface area contributed by atoms with Crippen LogP contribution in [0.3, 0.4) is 0 Å². The molecule has 76 valence electrons. The normalized spacial score (nSPS) is 16.4. The van der Waals surface area contributed by atoms with E-state index in [1.165, 1.54) is 0 Å². The van der Waals surface area contributed by atoms with Crippen LogP contribution >= 0.6 is 27.5 Å². The molecule has 0 saturated heterocycles. The van der Waals surface area contributed by atoms with E-state index in [1.54, 1.807) is 0 Å².